The van der Waals surface area contributed by atoms with E-state index in [1.54, 1.807) is 6.07 Å². The van der Waals surface area contributed by atoms with Crippen LogP contribution in [0.25, 0.3) is 0 Å². The molecule has 1 fully saturated rings. The maximum Gasteiger partial charge on any atom is 0.573 e. The van der Waals surface area contributed by atoms with Crippen molar-refractivity contribution in [1.82, 2.24) is 15.3 Å². The summed E-state index contributed by atoms with van der Waals surface area (Å²) in [6.07, 6.45) is -1.55. The Morgan fingerprint density at radius 3 is 2.61 bits per heavy atom. The highest BCUT2D eigenvalue weighted by Crippen LogP contribution is 2.41. The molecular formula is C18H17F3N4O3. The van der Waals surface area contributed by atoms with Crippen LogP contribution in [0.2, 0.25) is 0 Å². The Labute approximate surface area is 158 Å². The lowest BCUT2D eigenvalue weighted by Gasteiger charge is -2.37. The number of nitrogens with zero attached hydrogens (tertiary/aromatic N) is 2. The van der Waals surface area contributed by atoms with Gasteiger partial charge in [0.25, 0.3) is 5.91 Å². The Morgan fingerprint density at radius 1 is 1.25 bits per heavy atom. The number of hydrogen-bond acceptors (Lipinski definition) is 5. The van der Waals surface area contributed by atoms with Gasteiger partial charge in [0, 0.05) is 12.7 Å². The lowest BCUT2D eigenvalue weighted by molar-refractivity contribution is -0.274. The average Bonchev–Trinajstić information content (AvgIpc) is 2.57. The number of nitrogens with two attached hydrogens (primary N) is 1. The van der Waals surface area contributed by atoms with Crippen LogP contribution in [0.3, 0.4) is 0 Å². The summed E-state index contributed by atoms with van der Waals surface area (Å²) >= 11 is 0. The van der Waals surface area contributed by atoms with Crippen molar-refractivity contribution in [3.63, 3.8) is 0 Å². The molecule has 1 heterocycles. The topological polar surface area (TPSA) is 107 Å². The van der Waals surface area contributed by atoms with Crippen molar-refractivity contribution in [3.8, 4) is 5.75 Å². The summed E-state index contributed by atoms with van der Waals surface area (Å²) in [6.45, 7) is -0.0335. The van der Waals surface area contributed by atoms with Gasteiger partial charge in [0.05, 0.1) is 0 Å². The Bertz CT molecular complexity index is 898. The zero-order chi connectivity index (χ0) is 20.4. The number of ether oxygens (including phenoxy) is 1. The van der Waals surface area contributed by atoms with Crippen molar-refractivity contribution in [2.75, 3.05) is 0 Å². The maximum absolute atomic E-state index is 12.4. The molecule has 3 rings (SSSR count). The van der Waals surface area contributed by atoms with Crippen LogP contribution in [0.4, 0.5) is 13.2 Å². The number of amides is 2. The van der Waals surface area contributed by atoms with E-state index in [4.69, 9.17) is 5.73 Å². The molecule has 0 bridgehead atoms. The van der Waals surface area contributed by atoms with Gasteiger partial charge in [0.15, 0.2) is 0 Å². The summed E-state index contributed by atoms with van der Waals surface area (Å²) < 4.78 is 40.7. The molecule has 148 valence electrons. The first kappa shape index (κ1) is 19.6. The van der Waals surface area contributed by atoms with Crippen LogP contribution >= 0.6 is 0 Å². The summed E-state index contributed by atoms with van der Waals surface area (Å²) in [6, 6.07) is 6.66. The molecule has 1 aromatic heterocycles. The zero-order valence-corrected chi connectivity index (χ0v) is 14.6. The predicted octanol–water partition coefficient (Wildman–Crippen LogP) is 2.21. The van der Waals surface area contributed by atoms with Crippen LogP contribution in [-0.2, 0) is 16.8 Å². The van der Waals surface area contributed by atoms with Crippen molar-refractivity contribution < 1.29 is 27.5 Å². The minimum atomic E-state index is -4.79. The van der Waals surface area contributed by atoms with Crippen molar-refractivity contribution in [1.29, 1.82) is 0 Å². The molecular weight excluding hydrogens is 377 g/mol. The van der Waals surface area contributed by atoms with Gasteiger partial charge in [-0.15, -0.1) is 13.2 Å². The first-order valence-electron chi connectivity index (χ1n) is 8.46. The molecule has 3 N–H and O–H groups in total. The van der Waals surface area contributed by atoms with Crippen molar-refractivity contribution in [3.05, 3.63) is 53.6 Å². The van der Waals surface area contributed by atoms with E-state index in [2.05, 4.69) is 20.0 Å². The molecule has 1 aliphatic carbocycles. The molecule has 0 unspecified atom stereocenters. The van der Waals surface area contributed by atoms with Gasteiger partial charge in [-0.25, -0.2) is 9.97 Å². The number of aromatic nitrogens is 2. The van der Waals surface area contributed by atoms with Crippen molar-refractivity contribution in [2.24, 2.45) is 5.73 Å². The Kier molecular flexibility index (Phi) is 5.21. The van der Waals surface area contributed by atoms with Crippen molar-refractivity contribution >= 4 is 11.8 Å². The molecule has 0 saturated heterocycles. The predicted molar refractivity (Wildman–Crippen MR) is 91.1 cm³/mol. The molecule has 1 saturated carbocycles. The van der Waals surface area contributed by atoms with E-state index < -0.39 is 23.6 Å². The Hall–Kier alpha value is -3.17. The molecule has 10 heteroatoms. The van der Waals surface area contributed by atoms with E-state index in [1.165, 1.54) is 24.4 Å². The molecule has 28 heavy (non-hydrogen) atoms. The van der Waals surface area contributed by atoms with E-state index in [-0.39, 0.29) is 23.8 Å². The molecule has 0 spiro atoms. The third kappa shape index (κ3) is 4.21. The van der Waals surface area contributed by atoms with Crippen LogP contribution in [0.1, 0.15) is 41.1 Å². The molecule has 0 aliphatic heterocycles. The second kappa shape index (κ2) is 7.45. The van der Waals surface area contributed by atoms with E-state index in [9.17, 15) is 22.8 Å². The number of carbonyl (C=O) groups excluding carboxylic acids is 2. The van der Waals surface area contributed by atoms with Crippen LogP contribution in [-0.4, -0.2) is 28.1 Å². The molecule has 1 aliphatic rings. The van der Waals surface area contributed by atoms with E-state index in [1.807, 2.05) is 0 Å². The van der Waals surface area contributed by atoms with Gasteiger partial charge in [-0.2, -0.15) is 0 Å². The number of halogens is 3. The second-order valence-corrected chi connectivity index (χ2v) is 6.44. The summed E-state index contributed by atoms with van der Waals surface area (Å²) in [5.74, 6) is -1.25. The lowest BCUT2D eigenvalue weighted by Crippen LogP contribution is -2.48. The SMILES string of the molecule is NC(=O)C1(c2nccc(C(=O)NCc3cccc(OC(F)(F)F)c3)n2)CCC1. The van der Waals surface area contributed by atoms with Crippen LogP contribution in [0.5, 0.6) is 5.75 Å². The summed E-state index contributed by atoms with van der Waals surface area (Å²) in [7, 11) is 0. The third-order valence-electron chi connectivity index (χ3n) is 4.58. The van der Waals surface area contributed by atoms with E-state index >= 15 is 0 Å². The van der Waals surface area contributed by atoms with Crippen LogP contribution < -0.4 is 15.8 Å². The van der Waals surface area contributed by atoms with E-state index in [0.717, 1.165) is 12.5 Å². The first-order valence-corrected chi connectivity index (χ1v) is 8.46. The Morgan fingerprint density at radius 2 is 2.00 bits per heavy atom. The largest absolute Gasteiger partial charge is 0.573 e. The van der Waals surface area contributed by atoms with Gasteiger partial charge in [0.2, 0.25) is 5.91 Å². The summed E-state index contributed by atoms with van der Waals surface area (Å²) in [4.78, 5) is 32.4. The number of rotatable bonds is 6. The van der Waals surface area contributed by atoms with Gasteiger partial charge in [-0.1, -0.05) is 18.6 Å². The average molecular weight is 394 g/mol. The van der Waals surface area contributed by atoms with Crippen molar-refractivity contribution in [2.45, 2.75) is 37.6 Å². The number of nitrogens with one attached hydrogen (secondary N) is 1. The van der Waals surface area contributed by atoms with Crippen LogP contribution in [0, 0.1) is 0 Å². The molecule has 1 aromatic carbocycles. The number of carbonyl (C=O) groups is 2. The van der Waals surface area contributed by atoms with Gasteiger partial charge in [-0.3, -0.25) is 9.59 Å². The highest BCUT2D eigenvalue weighted by molar-refractivity contribution is 5.92. The third-order valence-corrected chi connectivity index (χ3v) is 4.58. The fraction of sp³-hybridized carbons (Fsp3) is 0.333. The monoisotopic (exact) mass is 394 g/mol. The quantitative estimate of drug-likeness (QED) is 0.781. The fourth-order valence-electron chi connectivity index (χ4n) is 2.95. The zero-order valence-electron chi connectivity index (χ0n) is 14.6. The maximum atomic E-state index is 12.4. The number of benzene rings is 1. The molecule has 7 nitrogen and oxygen atoms in total. The van der Waals surface area contributed by atoms with Gasteiger partial charge in [0.1, 0.15) is 22.7 Å². The number of alkyl halides is 3. The minimum Gasteiger partial charge on any atom is -0.406 e. The standard InChI is InChI=1S/C18H17F3N4O3/c19-18(20,21)28-12-4-1-3-11(9-12)10-24-14(26)13-5-8-23-16(25-13)17(15(22)27)6-2-7-17/h1,3-5,8-9H,2,6-7,10H2,(H2,22,27)(H,24,26). The number of hydrogen-bond donors (Lipinski definition) is 2. The molecule has 2 amide bonds. The molecule has 2 aromatic rings. The van der Waals surface area contributed by atoms with Gasteiger partial charge < -0.3 is 15.8 Å². The van der Waals surface area contributed by atoms with Gasteiger partial charge >= 0.3 is 6.36 Å². The van der Waals surface area contributed by atoms with Crippen LogP contribution in [0.15, 0.2) is 36.5 Å². The number of primary amides is 1. The highest BCUT2D eigenvalue weighted by Gasteiger charge is 2.47. The highest BCUT2D eigenvalue weighted by atomic mass is 19.4. The van der Waals surface area contributed by atoms with E-state index in [0.29, 0.717) is 18.4 Å². The second-order valence-electron chi connectivity index (χ2n) is 6.44. The molecule has 0 atom stereocenters. The minimum absolute atomic E-state index is 0.0335. The first-order chi connectivity index (χ1) is 13.2. The lowest BCUT2D eigenvalue weighted by atomic mass is 9.67. The molecule has 0 radical (unpaired) electrons. The Balaban J connectivity index is 1.68. The summed E-state index contributed by atoms with van der Waals surface area (Å²) in [5, 5.41) is 2.57. The fourth-order valence-corrected chi connectivity index (χ4v) is 2.95. The summed E-state index contributed by atoms with van der Waals surface area (Å²) in [5.41, 5.74) is 4.98. The normalized spacial score (nSPS) is 15.4. The smallest absolute Gasteiger partial charge is 0.406 e. The van der Waals surface area contributed by atoms with Gasteiger partial charge in [-0.05, 0) is 36.6 Å².